The molecule has 1 saturated carbocycles. The highest BCUT2D eigenvalue weighted by atomic mass is 32.2. The zero-order chi connectivity index (χ0) is 27.1. The lowest BCUT2D eigenvalue weighted by Crippen LogP contribution is -2.45. The van der Waals surface area contributed by atoms with Gasteiger partial charge in [-0.25, -0.2) is 27.7 Å². The van der Waals surface area contributed by atoms with Gasteiger partial charge in [0.15, 0.2) is 0 Å². The van der Waals surface area contributed by atoms with Crippen LogP contribution in [0.5, 0.6) is 0 Å². The lowest BCUT2D eigenvalue weighted by molar-refractivity contribution is 0.231. The van der Waals surface area contributed by atoms with Gasteiger partial charge in [-0.1, -0.05) is 43.7 Å². The molecular formula is C28H35N5O4S. The number of fused-ring (bicyclic) bond motifs is 1. The van der Waals surface area contributed by atoms with Crippen molar-refractivity contribution >= 4 is 38.8 Å². The molecule has 4 rings (SSSR count). The number of nitrogens with zero attached hydrogens (tertiary/aromatic N) is 2. The first-order valence-corrected chi connectivity index (χ1v) is 14.5. The van der Waals surface area contributed by atoms with Crippen LogP contribution in [0.2, 0.25) is 0 Å². The van der Waals surface area contributed by atoms with E-state index < -0.39 is 16.1 Å². The minimum atomic E-state index is -3.98. The zero-order valence-corrected chi connectivity index (χ0v) is 22.6. The van der Waals surface area contributed by atoms with E-state index in [2.05, 4.69) is 27.3 Å². The van der Waals surface area contributed by atoms with Gasteiger partial charge in [0.2, 0.25) is 0 Å². The van der Waals surface area contributed by atoms with E-state index in [9.17, 15) is 18.0 Å². The Morgan fingerprint density at radius 3 is 2.39 bits per heavy atom. The summed E-state index contributed by atoms with van der Waals surface area (Å²) in [5.74, 6) is 1.23. The molecule has 10 heteroatoms. The highest BCUT2D eigenvalue weighted by Crippen LogP contribution is 2.26. The predicted molar refractivity (Wildman–Crippen MR) is 149 cm³/mol. The first-order valence-electron chi connectivity index (χ1n) is 13.0. The van der Waals surface area contributed by atoms with Crippen molar-refractivity contribution in [3.05, 3.63) is 66.2 Å². The molecule has 0 spiro atoms. The van der Waals surface area contributed by atoms with E-state index in [-0.39, 0.29) is 17.0 Å². The number of hydrogen-bond donors (Lipinski definition) is 3. The van der Waals surface area contributed by atoms with E-state index in [0.717, 1.165) is 48.6 Å². The number of pyridine rings is 1. The SMILES string of the molecule is CCC1CCC(NC(=O)NS(=O)(=O)c2ccc(CCNC(=O)N(C)c3ccc4ccccc4n3)cc2)CC1. The number of carbonyl (C=O) groups excluding carboxylic acids is 2. The molecule has 0 unspecified atom stereocenters. The third-order valence-electron chi connectivity index (χ3n) is 7.14. The van der Waals surface area contributed by atoms with Gasteiger partial charge in [-0.3, -0.25) is 4.90 Å². The largest absolute Gasteiger partial charge is 0.337 e. The molecule has 2 aromatic carbocycles. The van der Waals surface area contributed by atoms with Crippen molar-refractivity contribution < 1.29 is 18.0 Å². The molecule has 1 aromatic heterocycles. The number of benzene rings is 2. The van der Waals surface area contributed by atoms with Crippen molar-refractivity contribution in [1.82, 2.24) is 20.3 Å². The average molecular weight is 538 g/mol. The Morgan fingerprint density at radius 2 is 1.68 bits per heavy atom. The second kappa shape index (κ2) is 12.3. The van der Waals surface area contributed by atoms with Gasteiger partial charge in [-0.15, -0.1) is 0 Å². The number of amides is 4. The fraction of sp³-hybridized carbons (Fsp3) is 0.393. The van der Waals surface area contributed by atoms with Crippen molar-refractivity contribution in [2.75, 3.05) is 18.5 Å². The Hall–Kier alpha value is -3.66. The molecule has 1 heterocycles. The van der Waals surface area contributed by atoms with Crippen LogP contribution in [0.3, 0.4) is 0 Å². The lowest BCUT2D eigenvalue weighted by atomic mass is 9.85. The highest BCUT2D eigenvalue weighted by molar-refractivity contribution is 7.90. The number of rotatable bonds is 8. The van der Waals surface area contributed by atoms with Gasteiger partial charge in [0, 0.05) is 25.0 Å². The lowest BCUT2D eigenvalue weighted by Gasteiger charge is -2.28. The van der Waals surface area contributed by atoms with Crippen molar-refractivity contribution in [2.45, 2.75) is 56.4 Å². The van der Waals surface area contributed by atoms with E-state index in [0.29, 0.717) is 24.7 Å². The van der Waals surface area contributed by atoms with Crippen LogP contribution in [-0.2, 0) is 16.4 Å². The minimum absolute atomic E-state index is 0.00153. The van der Waals surface area contributed by atoms with E-state index in [1.54, 1.807) is 25.2 Å². The van der Waals surface area contributed by atoms with Gasteiger partial charge in [0.05, 0.1) is 10.4 Å². The Balaban J connectivity index is 1.24. The molecular weight excluding hydrogens is 502 g/mol. The average Bonchev–Trinajstić information content (AvgIpc) is 2.92. The molecule has 1 fully saturated rings. The summed E-state index contributed by atoms with van der Waals surface area (Å²) in [5.41, 5.74) is 1.67. The first kappa shape index (κ1) is 27.4. The van der Waals surface area contributed by atoms with E-state index in [1.165, 1.54) is 17.0 Å². The number of carbonyl (C=O) groups is 2. The zero-order valence-electron chi connectivity index (χ0n) is 21.8. The molecule has 0 saturated heterocycles. The van der Waals surface area contributed by atoms with Crippen LogP contribution in [-0.4, -0.2) is 45.1 Å². The summed E-state index contributed by atoms with van der Waals surface area (Å²) < 4.78 is 27.4. The Bertz CT molecular complexity index is 1370. The van der Waals surface area contributed by atoms with Crippen molar-refractivity contribution in [3.8, 4) is 0 Å². The molecule has 0 radical (unpaired) electrons. The van der Waals surface area contributed by atoms with Crippen molar-refractivity contribution in [2.24, 2.45) is 5.92 Å². The fourth-order valence-corrected chi connectivity index (χ4v) is 5.64. The minimum Gasteiger partial charge on any atom is -0.337 e. The van der Waals surface area contributed by atoms with Crippen LogP contribution in [0.25, 0.3) is 10.9 Å². The third-order valence-corrected chi connectivity index (χ3v) is 8.49. The summed E-state index contributed by atoms with van der Waals surface area (Å²) in [4.78, 5) is 30.9. The van der Waals surface area contributed by atoms with Gasteiger partial charge < -0.3 is 10.6 Å². The van der Waals surface area contributed by atoms with Gasteiger partial charge in [0.25, 0.3) is 10.0 Å². The van der Waals surface area contributed by atoms with Gasteiger partial charge in [0.1, 0.15) is 5.82 Å². The van der Waals surface area contributed by atoms with Gasteiger partial charge in [-0.05, 0) is 73.9 Å². The van der Waals surface area contributed by atoms with E-state index in [1.807, 2.05) is 30.3 Å². The molecule has 9 nitrogen and oxygen atoms in total. The van der Waals surface area contributed by atoms with E-state index in [4.69, 9.17) is 0 Å². The maximum absolute atomic E-state index is 12.6. The molecule has 4 amide bonds. The third kappa shape index (κ3) is 7.00. The van der Waals surface area contributed by atoms with Crippen molar-refractivity contribution in [1.29, 1.82) is 0 Å². The maximum Gasteiger partial charge on any atom is 0.328 e. The number of para-hydroxylation sites is 1. The molecule has 38 heavy (non-hydrogen) atoms. The maximum atomic E-state index is 12.6. The van der Waals surface area contributed by atoms with Gasteiger partial charge in [-0.2, -0.15) is 0 Å². The summed E-state index contributed by atoms with van der Waals surface area (Å²) in [6.45, 7) is 2.53. The molecule has 202 valence electrons. The summed E-state index contributed by atoms with van der Waals surface area (Å²) >= 11 is 0. The predicted octanol–water partition coefficient (Wildman–Crippen LogP) is 4.58. The molecule has 0 bridgehead atoms. The van der Waals surface area contributed by atoms with Crippen LogP contribution in [0.15, 0.2) is 65.6 Å². The normalized spacial score (nSPS) is 17.5. The topological polar surface area (TPSA) is 120 Å². The molecule has 0 aliphatic heterocycles. The fourth-order valence-electron chi connectivity index (χ4n) is 4.72. The molecule has 3 N–H and O–H groups in total. The number of anilines is 1. The molecule has 1 aliphatic rings. The molecule has 1 aliphatic carbocycles. The monoisotopic (exact) mass is 537 g/mol. The summed E-state index contributed by atoms with van der Waals surface area (Å²) in [6, 6.07) is 16.7. The van der Waals surface area contributed by atoms with Crippen LogP contribution < -0.4 is 20.3 Å². The number of nitrogens with one attached hydrogen (secondary N) is 3. The standard InChI is InChI=1S/C28H35N5O4S/c1-3-20-8-13-23(14-9-20)30-27(34)32-38(36,37)24-15-10-21(11-16-24)18-19-29-28(35)33(2)26-17-12-22-6-4-5-7-25(22)31-26/h4-7,10-12,15-17,20,23H,3,8-9,13-14,18-19H2,1-2H3,(H,29,35)(H2,30,32,34). The van der Waals surface area contributed by atoms with Crippen LogP contribution in [0.1, 0.15) is 44.6 Å². The summed E-state index contributed by atoms with van der Waals surface area (Å²) in [7, 11) is -2.32. The number of sulfonamides is 1. The quantitative estimate of drug-likeness (QED) is 0.388. The summed E-state index contributed by atoms with van der Waals surface area (Å²) in [6.07, 6.45) is 5.48. The van der Waals surface area contributed by atoms with Crippen LogP contribution in [0.4, 0.5) is 15.4 Å². The van der Waals surface area contributed by atoms with E-state index >= 15 is 0 Å². The number of hydrogen-bond acceptors (Lipinski definition) is 5. The summed E-state index contributed by atoms with van der Waals surface area (Å²) in [5, 5.41) is 6.65. The Morgan fingerprint density at radius 1 is 0.974 bits per heavy atom. The second-order valence-corrected chi connectivity index (χ2v) is 11.4. The highest BCUT2D eigenvalue weighted by Gasteiger charge is 2.24. The number of aromatic nitrogens is 1. The number of urea groups is 2. The van der Waals surface area contributed by atoms with Crippen LogP contribution >= 0.6 is 0 Å². The smallest absolute Gasteiger partial charge is 0.328 e. The van der Waals surface area contributed by atoms with Gasteiger partial charge >= 0.3 is 12.1 Å². The second-order valence-electron chi connectivity index (χ2n) is 9.75. The Labute approximate surface area is 224 Å². The molecule has 3 aromatic rings. The van der Waals surface area contributed by atoms with Crippen LogP contribution in [0, 0.1) is 5.92 Å². The van der Waals surface area contributed by atoms with Crippen molar-refractivity contribution in [3.63, 3.8) is 0 Å². The first-order chi connectivity index (χ1) is 18.2. The Kier molecular flexibility index (Phi) is 8.83. The molecule has 0 atom stereocenters.